The van der Waals surface area contributed by atoms with Gasteiger partial charge in [-0.3, -0.25) is 0 Å². The van der Waals surface area contributed by atoms with Gasteiger partial charge in [0.25, 0.3) is 0 Å². The minimum absolute atomic E-state index is 0.253. The Morgan fingerprint density at radius 1 is 1.18 bits per heavy atom. The lowest BCUT2D eigenvalue weighted by Crippen LogP contribution is -2.18. The first-order chi connectivity index (χ1) is 10.6. The molecule has 1 aromatic heterocycles. The van der Waals surface area contributed by atoms with Crippen LogP contribution in [0, 0.1) is 0 Å². The highest BCUT2D eigenvalue weighted by Crippen LogP contribution is 2.35. The van der Waals surface area contributed by atoms with Crippen LogP contribution in [0.4, 0.5) is 11.5 Å². The van der Waals surface area contributed by atoms with Gasteiger partial charge in [-0.05, 0) is 26.7 Å². The highest BCUT2D eigenvalue weighted by atomic mass is 16.5. The molecule has 0 spiro atoms. The second-order valence-electron chi connectivity index (χ2n) is 6.12. The van der Waals surface area contributed by atoms with Crippen molar-refractivity contribution in [2.45, 2.75) is 57.9 Å². The molecule has 1 aliphatic rings. The monoisotopic (exact) mass is 308 g/mol. The van der Waals surface area contributed by atoms with Crippen LogP contribution in [0.25, 0.3) is 0 Å². The number of nitrogen functional groups attached to an aromatic ring is 1. The lowest BCUT2D eigenvalue weighted by atomic mass is 9.88. The number of hydrogen-bond acceptors (Lipinski definition) is 6. The van der Waals surface area contributed by atoms with Crippen LogP contribution in [0.3, 0.4) is 0 Å². The Morgan fingerprint density at radius 3 is 2.55 bits per heavy atom. The van der Waals surface area contributed by atoms with E-state index in [2.05, 4.69) is 29.1 Å². The van der Waals surface area contributed by atoms with Crippen molar-refractivity contribution in [1.82, 2.24) is 9.97 Å². The SMILES string of the molecule is COCCOc1nc(C2CCCCC2)nc(NC(C)C)c1N. The zero-order valence-electron chi connectivity index (χ0n) is 13.9. The smallest absolute Gasteiger partial charge is 0.242 e. The zero-order valence-corrected chi connectivity index (χ0v) is 13.9. The van der Waals surface area contributed by atoms with Crippen LogP contribution in [-0.2, 0) is 4.74 Å². The summed E-state index contributed by atoms with van der Waals surface area (Å²) in [6.07, 6.45) is 6.07. The summed E-state index contributed by atoms with van der Waals surface area (Å²) in [4.78, 5) is 9.25. The van der Waals surface area contributed by atoms with E-state index < -0.39 is 0 Å². The molecular formula is C16H28N4O2. The predicted molar refractivity (Wildman–Crippen MR) is 88.4 cm³/mol. The van der Waals surface area contributed by atoms with Crippen LogP contribution >= 0.6 is 0 Å². The molecule has 0 aromatic carbocycles. The lowest BCUT2D eigenvalue weighted by molar-refractivity contribution is 0.144. The van der Waals surface area contributed by atoms with Crippen LogP contribution in [0.15, 0.2) is 0 Å². The Morgan fingerprint density at radius 2 is 1.91 bits per heavy atom. The van der Waals surface area contributed by atoms with E-state index in [4.69, 9.17) is 15.2 Å². The zero-order chi connectivity index (χ0) is 15.9. The minimum Gasteiger partial charge on any atom is -0.474 e. The number of anilines is 2. The molecule has 1 saturated carbocycles. The maximum absolute atomic E-state index is 6.16. The fourth-order valence-electron chi connectivity index (χ4n) is 2.72. The molecule has 6 nitrogen and oxygen atoms in total. The van der Waals surface area contributed by atoms with Gasteiger partial charge in [-0.25, -0.2) is 4.98 Å². The van der Waals surface area contributed by atoms with Gasteiger partial charge in [0.2, 0.25) is 5.88 Å². The maximum atomic E-state index is 6.16. The van der Waals surface area contributed by atoms with Crippen molar-refractivity contribution in [3.63, 3.8) is 0 Å². The summed E-state index contributed by atoms with van der Waals surface area (Å²) in [6.45, 7) is 5.07. The van der Waals surface area contributed by atoms with E-state index in [9.17, 15) is 0 Å². The Kier molecular flexibility index (Phi) is 6.24. The van der Waals surface area contributed by atoms with Crippen LogP contribution < -0.4 is 15.8 Å². The summed E-state index contributed by atoms with van der Waals surface area (Å²) in [6, 6.07) is 0.253. The van der Waals surface area contributed by atoms with E-state index in [-0.39, 0.29) is 6.04 Å². The molecule has 0 aliphatic heterocycles. The summed E-state index contributed by atoms with van der Waals surface area (Å²) < 4.78 is 10.7. The normalized spacial score (nSPS) is 16.0. The summed E-state index contributed by atoms with van der Waals surface area (Å²) in [5, 5.41) is 3.30. The third-order valence-corrected chi connectivity index (χ3v) is 3.85. The topological polar surface area (TPSA) is 82.3 Å². The summed E-state index contributed by atoms with van der Waals surface area (Å²) in [5.74, 6) is 2.41. The number of aromatic nitrogens is 2. The molecule has 6 heteroatoms. The second kappa shape index (κ2) is 8.17. The van der Waals surface area contributed by atoms with Crippen LogP contribution in [-0.4, -0.2) is 36.3 Å². The van der Waals surface area contributed by atoms with Gasteiger partial charge in [-0.2, -0.15) is 4.98 Å². The number of hydrogen-bond donors (Lipinski definition) is 2. The molecule has 1 aliphatic carbocycles. The molecule has 0 radical (unpaired) electrons. The molecule has 0 saturated heterocycles. The number of nitrogens with zero attached hydrogens (tertiary/aromatic N) is 2. The first-order valence-electron chi connectivity index (χ1n) is 8.17. The van der Waals surface area contributed by atoms with E-state index in [0.717, 1.165) is 18.7 Å². The van der Waals surface area contributed by atoms with E-state index >= 15 is 0 Å². The van der Waals surface area contributed by atoms with Gasteiger partial charge in [0, 0.05) is 19.1 Å². The Bertz CT molecular complexity index is 473. The largest absolute Gasteiger partial charge is 0.474 e. The van der Waals surface area contributed by atoms with Gasteiger partial charge in [0.05, 0.1) is 6.61 Å². The quantitative estimate of drug-likeness (QED) is 0.754. The predicted octanol–water partition coefficient (Wildman–Crippen LogP) is 2.95. The molecule has 0 unspecified atom stereocenters. The van der Waals surface area contributed by atoms with Crippen molar-refractivity contribution in [2.75, 3.05) is 31.4 Å². The molecular weight excluding hydrogens is 280 g/mol. The molecule has 2 rings (SSSR count). The number of rotatable bonds is 7. The standard InChI is InChI=1S/C16H28N4O2/c1-11(2)18-15-13(17)16(22-10-9-21-3)20-14(19-15)12-7-5-4-6-8-12/h11-12H,4-10,17H2,1-3H3,(H,18,19,20). The highest BCUT2D eigenvalue weighted by molar-refractivity contribution is 5.67. The molecule has 1 fully saturated rings. The third kappa shape index (κ3) is 4.47. The maximum Gasteiger partial charge on any atom is 0.242 e. The first kappa shape index (κ1) is 16.8. The van der Waals surface area contributed by atoms with Crippen LogP contribution in [0.1, 0.15) is 57.7 Å². The van der Waals surface area contributed by atoms with Gasteiger partial charge in [-0.1, -0.05) is 19.3 Å². The Hall–Kier alpha value is -1.56. The molecule has 0 bridgehead atoms. The Labute approximate surface area is 132 Å². The van der Waals surface area contributed by atoms with Crippen molar-refractivity contribution in [3.05, 3.63) is 5.82 Å². The van der Waals surface area contributed by atoms with Crippen molar-refractivity contribution in [1.29, 1.82) is 0 Å². The number of methoxy groups -OCH3 is 1. The molecule has 22 heavy (non-hydrogen) atoms. The summed E-state index contributed by atoms with van der Waals surface area (Å²) in [5.41, 5.74) is 6.64. The molecule has 1 heterocycles. The fraction of sp³-hybridized carbons (Fsp3) is 0.750. The highest BCUT2D eigenvalue weighted by Gasteiger charge is 2.22. The molecule has 1 aromatic rings. The van der Waals surface area contributed by atoms with Gasteiger partial charge in [0.1, 0.15) is 18.1 Å². The number of nitrogens with one attached hydrogen (secondary N) is 1. The number of ether oxygens (including phenoxy) is 2. The molecule has 0 amide bonds. The first-order valence-corrected chi connectivity index (χ1v) is 8.17. The van der Waals surface area contributed by atoms with Gasteiger partial charge < -0.3 is 20.5 Å². The average Bonchev–Trinajstić information content (AvgIpc) is 2.51. The molecule has 3 N–H and O–H groups in total. The lowest BCUT2D eigenvalue weighted by Gasteiger charge is -2.22. The van der Waals surface area contributed by atoms with Crippen LogP contribution in [0.2, 0.25) is 0 Å². The van der Waals surface area contributed by atoms with Crippen molar-refractivity contribution in [2.24, 2.45) is 0 Å². The van der Waals surface area contributed by atoms with Gasteiger partial charge in [0.15, 0.2) is 5.82 Å². The third-order valence-electron chi connectivity index (χ3n) is 3.85. The summed E-state index contributed by atoms with van der Waals surface area (Å²) >= 11 is 0. The molecule has 0 atom stereocenters. The van der Waals surface area contributed by atoms with E-state index in [1.165, 1.54) is 19.3 Å². The van der Waals surface area contributed by atoms with Crippen LogP contribution in [0.5, 0.6) is 5.88 Å². The van der Waals surface area contributed by atoms with E-state index in [0.29, 0.717) is 36.5 Å². The molecule has 124 valence electrons. The number of nitrogens with two attached hydrogens (primary N) is 1. The van der Waals surface area contributed by atoms with Crippen molar-refractivity contribution >= 4 is 11.5 Å². The average molecular weight is 308 g/mol. The van der Waals surface area contributed by atoms with E-state index in [1.807, 2.05) is 0 Å². The van der Waals surface area contributed by atoms with Crippen molar-refractivity contribution in [3.8, 4) is 5.88 Å². The minimum atomic E-state index is 0.253. The van der Waals surface area contributed by atoms with Gasteiger partial charge in [-0.15, -0.1) is 0 Å². The Balaban J connectivity index is 2.25. The second-order valence-corrected chi connectivity index (χ2v) is 6.12. The van der Waals surface area contributed by atoms with E-state index in [1.54, 1.807) is 7.11 Å². The summed E-state index contributed by atoms with van der Waals surface area (Å²) in [7, 11) is 1.64. The fourth-order valence-corrected chi connectivity index (χ4v) is 2.72. The van der Waals surface area contributed by atoms with Crippen molar-refractivity contribution < 1.29 is 9.47 Å². The van der Waals surface area contributed by atoms with Gasteiger partial charge >= 0.3 is 0 Å².